The SMILES string of the molecule is O=C1NC(=S)N(c2ccc(Oc3ccccc3)cc2)C(=O)/C1=C/c1ccc(S(=O)(=O)O)o1. The summed E-state index contributed by atoms with van der Waals surface area (Å²) in [5.74, 6) is -0.450. The van der Waals surface area contributed by atoms with Crippen LogP contribution in [0.5, 0.6) is 11.5 Å². The van der Waals surface area contributed by atoms with Crippen molar-refractivity contribution in [3.8, 4) is 11.5 Å². The standard InChI is InChI=1S/C21H14N2O7S2/c24-19-17(12-16-10-11-18(30-16)32(26,27)28)20(25)23(21(31)22-19)13-6-8-15(9-7-13)29-14-4-2-1-3-5-14/h1-12H,(H,22,24,31)(H,26,27,28)/b17-12+. The number of hydrogen-bond acceptors (Lipinski definition) is 7. The normalized spacial score (nSPS) is 15.7. The summed E-state index contributed by atoms with van der Waals surface area (Å²) in [5, 5.41) is 1.58. The Hall–Kier alpha value is -3.80. The van der Waals surface area contributed by atoms with Crippen LogP contribution in [0.1, 0.15) is 5.76 Å². The number of carbonyl (C=O) groups is 2. The maximum atomic E-state index is 13.0. The number of carbonyl (C=O) groups excluding carboxylic acids is 2. The van der Waals surface area contributed by atoms with Crippen LogP contribution in [0.15, 0.2) is 81.8 Å². The van der Waals surface area contributed by atoms with Crippen molar-refractivity contribution in [3.05, 3.63) is 78.1 Å². The Labute approximate surface area is 187 Å². The van der Waals surface area contributed by atoms with Gasteiger partial charge in [0.2, 0.25) is 5.09 Å². The summed E-state index contributed by atoms with van der Waals surface area (Å²) in [6.07, 6.45) is 1.06. The van der Waals surface area contributed by atoms with E-state index in [1.165, 1.54) is 6.07 Å². The van der Waals surface area contributed by atoms with Crippen LogP contribution in [0.2, 0.25) is 0 Å². The Kier molecular flexibility index (Phi) is 5.61. The molecule has 4 rings (SSSR count). The minimum absolute atomic E-state index is 0.115. The average Bonchev–Trinajstić information content (AvgIpc) is 3.22. The zero-order valence-electron chi connectivity index (χ0n) is 16.1. The van der Waals surface area contributed by atoms with Gasteiger partial charge in [0.25, 0.3) is 11.8 Å². The largest absolute Gasteiger partial charge is 0.457 e. The monoisotopic (exact) mass is 470 g/mol. The molecule has 9 nitrogen and oxygen atoms in total. The van der Waals surface area contributed by atoms with Crippen molar-refractivity contribution in [2.75, 3.05) is 4.90 Å². The fraction of sp³-hybridized carbons (Fsp3) is 0. The van der Waals surface area contributed by atoms with Gasteiger partial charge in [-0.2, -0.15) is 8.42 Å². The van der Waals surface area contributed by atoms with Gasteiger partial charge in [-0.15, -0.1) is 0 Å². The maximum absolute atomic E-state index is 13.0. The molecule has 11 heteroatoms. The topological polar surface area (TPSA) is 126 Å². The zero-order valence-corrected chi connectivity index (χ0v) is 17.7. The number of ether oxygens (including phenoxy) is 1. The highest BCUT2D eigenvalue weighted by molar-refractivity contribution is 7.85. The lowest BCUT2D eigenvalue weighted by Gasteiger charge is -2.28. The van der Waals surface area contributed by atoms with Gasteiger partial charge in [-0.25, -0.2) is 0 Å². The highest BCUT2D eigenvalue weighted by Crippen LogP contribution is 2.27. The third kappa shape index (κ3) is 4.44. The lowest BCUT2D eigenvalue weighted by molar-refractivity contribution is -0.122. The van der Waals surface area contributed by atoms with Crippen molar-refractivity contribution < 1.29 is 31.7 Å². The summed E-state index contributed by atoms with van der Waals surface area (Å²) in [5.41, 5.74) is 0.0452. The number of amides is 2. The molecule has 2 N–H and O–H groups in total. The Morgan fingerprint density at radius 3 is 2.25 bits per heavy atom. The molecular weight excluding hydrogens is 456 g/mol. The lowest BCUT2D eigenvalue weighted by Crippen LogP contribution is -2.54. The first kappa shape index (κ1) is 21.4. The molecule has 0 saturated carbocycles. The molecule has 2 aromatic carbocycles. The molecule has 162 valence electrons. The van der Waals surface area contributed by atoms with E-state index >= 15 is 0 Å². The molecule has 0 unspecified atom stereocenters. The van der Waals surface area contributed by atoms with Crippen LogP contribution < -0.4 is 15.0 Å². The van der Waals surface area contributed by atoms with E-state index in [9.17, 15) is 18.0 Å². The Balaban J connectivity index is 1.60. The van der Waals surface area contributed by atoms with Crippen LogP contribution in [-0.2, 0) is 19.7 Å². The second-order valence-electron chi connectivity index (χ2n) is 6.50. The van der Waals surface area contributed by atoms with E-state index in [-0.39, 0.29) is 16.4 Å². The predicted molar refractivity (Wildman–Crippen MR) is 118 cm³/mol. The number of thiocarbonyl (C=S) groups is 1. The van der Waals surface area contributed by atoms with E-state index in [0.717, 1.165) is 17.0 Å². The van der Waals surface area contributed by atoms with Crippen LogP contribution in [0.4, 0.5) is 5.69 Å². The Bertz CT molecular complexity index is 1340. The zero-order chi connectivity index (χ0) is 22.9. The molecule has 0 bridgehead atoms. The second kappa shape index (κ2) is 8.38. The molecule has 1 aromatic heterocycles. The van der Waals surface area contributed by atoms with E-state index in [4.69, 9.17) is 25.9 Å². The predicted octanol–water partition coefficient (Wildman–Crippen LogP) is 3.15. The number of anilines is 1. The van der Waals surface area contributed by atoms with Crippen molar-refractivity contribution in [2.24, 2.45) is 0 Å². The Morgan fingerprint density at radius 2 is 1.62 bits per heavy atom. The lowest BCUT2D eigenvalue weighted by atomic mass is 10.1. The van der Waals surface area contributed by atoms with Gasteiger partial charge in [0.1, 0.15) is 22.8 Å². The van der Waals surface area contributed by atoms with Crippen LogP contribution in [0, 0.1) is 0 Å². The molecular formula is C21H14N2O7S2. The number of rotatable bonds is 5. The van der Waals surface area contributed by atoms with E-state index in [0.29, 0.717) is 17.2 Å². The highest BCUT2D eigenvalue weighted by atomic mass is 32.2. The number of para-hydroxylation sites is 1. The van der Waals surface area contributed by atoms with Crippen molar-refractivity contribution in [2.45, 2.75) is 5.09 Å². The summed E-state index contributed by atoms with van der Waals surface area (Å²) in [6, 6.07) is 17.8. The van der Waals surface area contributed by atoms with Crippen LogP contribution in [0.3, 0.4) is 0 Å². The quantitative estimate of drug-likeness (QED) is 0.252. The summed E-state index contributed by atoms with van der Waals surface area (Å²) < 4.78 is 42.0. The number of nitrogens with zero attached hydrogens (tertiary/aromatic N) is 1. The van der Waals surface area contributed by atoms with Gasteiger partial charge in [-0.05, 0) is 66.8 Å². The van der Waals surface area contributed by atoms with Crippen molar-refractivity contribution in [1.82, 2.24) is 5.32 Å². The first-order chi connectivity index (χ1) is 15.2. The van der Waals surface area contributed by atoms with Gasteiger partial charge in [-0.3, -0.25) is 24.4 Å². The molecule has 3 aromatic rings. The van der Waals surface area contributed by atoms with Crippen LogP contribution in [-0.4, -0.2) is 29.9 Å². The summed E-state index contributed by atoms with van der Waals surface area (Å²) in [7, 11) is -4.56. The summed E-state index contributed by atoms with van der Waals surface area (Å²) in [4.78, 5) is 26.4. The first-order valence-electron chi connectivity index (χ1n) is 9.04. The molecule has 0 radical (unpaired) electrons. The minimum atomic E-state index is -4.56. The van der Waals surface area contributed by atoms with Crippen molar-refractivity contribution >= 4 is 51.0 Å². The van der Waals surface area contributed by atoms with Gasteiger partial charge in [0.05, 0.1) is 5.69 Å². The third-order valence-corrected chi connectivity index (χ3v) is 5.33. The molecule has 1 aliphatic rings. The molecule has 0 spiro atoms. The second-order valence-corrected chi connectivity index (χ2v) is 8.24. The molecule has 2 heterocycles. The molecule has 32 heavy (non-hydrogen) atoms. The Morgan fingerprint density at radius 1 is 0.969 bits per heavy atom. The average molecular weight is 470 g/mol. The number of furan rings is 1. The number of benzene rings is 2. The third-order valence-electron chi connectivity index (χ3n) is 4.32. The fourth-order valence-corrected chi connectivity index (χ4v) is 3.60. The molecule has 2 amide bonds. The van der Waals surface area contributed by atoms with Crippen LogP contribution in [0.25, 0.3) is 6.08 Å². The summed E-state index contributed by atoms with van der Waals surface area (Å²) >= 11 is 5.15. The van der Waals surface area contributed by atoms with Gasteiger partial charge in [0.15, 0.2) is 5.11 Å². The maximum Gasteiger partial charge on any atom is 0.328 e. The molecule has 0 atom stereocenters. The number of hydrogen-bond donors (Lipinski definition) is 2. The molecule has 1 fully saturated rings. The molecule has 1 aliphatic heterocycles. The summed E-state index contributed by atoms with van der Waals surface area (Å²) in [6.45, 7) is 0. The highest BCUT2D eigenvalue weighted by Gasteiger charge is 2.35. The van der Waals surface area contributed by atoms with Crippen molar-refractivity contribution in [3.63, 3.8) is 0 Å². The van der Waals surface area contributed by atoms with Crippen molar-refractivity contribution in [1.29, 1.82) is 0 Å². The van der Waals surface area contributed by atoms with Gasteiger partial charge in [0, 0.05) is 0 Å². The smallest absolute Gasteiger partial charge is 0.328 e. The first-order valence-corrected chi connectivity index (χ1v) is 10.9. The number of nitrogens with one attached hydrogen (secondary N) is 1. The van der Waals surface area contributed by atoms with Crippen LogP contribution >= 0.6 is 12.2 Å². The van der Waals surface area contributed by atoms with E-state index < -0.39 is 27.0 Å². The molecule has 0 aliphatic carbocycles. The van der Waals surface area contributed by atoms with E-state index in [1.54, 1.807) is 36.4 Å². The van der Waals surface area contributed by atoms with E-state index in [2.05, 4.69) is 5.32 Å². The minimum Gasteiger partial charge on any atom is -0.457 e. The van der Waals surface area contributed by atoms with Gasteiger partial charge < -0.3 is 9.15 Å². The van der Waals surface area contributed by atoms with Gasteiger partial charge in [-0.1, -0.05) is 18.2 Å². The fourth-order valence-electron chi connectivity index (χ4n) is 2.87. The molecule has 1 saturated heterocycles. The van der Waals surface area contributed by atoms with E-state index in [1.807, 2.05) is 18.2 Å². The van der Waals surface area contributed by atoms with Gasteiger partial charge >= 0.3 is 10.1 Å².